The number of hydrogen-bond donors (Lipinski definition) is 2. The summed E-state index contributed by atoms with van der Waals surface area (Å²) in [6, 6.07) is 0. The van der Waals surface area contributed by atoms with Crippen LogP contribution in [0.1, 0.15) is 6.42 Å². The molecule has 64 valence electrons. The quantitative estimate of drug-likeness (QED) is 0.396. The van der Waals surface area contributed by atoms with Crippen LogP contribution in [-0.4, -0.2) is 41.1 Å². The number of carboxylic acid groups (broad SMARTS) is 1. The smallest absolute Gasteiger partial charge is 0.547 e. The van der Waals surface area contributed by atoms with Gasteiger partial charge in [-0.1, -0.05) is 0 Å². The molecule has 1 saturated heterocycles. The first-order valence-corrected chi connectivity index (χ1v) is 3.30. The Morgan fingerprint density at radius 2 is 2.00 bits per heavy atom. The summed E-state index contributed by atoms with van der Waals surface area (Å²) in [7, 11) is 0. The van der Waals surface area contributed by atoms with Crippen LogP contribution < -0.4 is 34.7 Å². The number of aliphatic hydroxyl groups excluding tert-OH is 2. The molecule has 12 heavy (non-hydrogen) atoms. The minimum Gasteiger partial charge on any atom is -0.547 e. The van der Waals surface area contributed by atoms with Crippen molar-refractivity contribution in [1.29, 1.82) is 0 Å². The maximum atomic E-state index is 10.2. The minimum atomic E-state index is -1.35. The van der Waals surface area contributed by atoms with Crippen LogP contribution in [0.3, 0.4) is 0 Å². The van der Waals surface area contributed by atoms with Gasteiger partial charge in [-0.05, 0) is 0 Å². The molecule has 1 aliphatic rings. The van der Waals surface area contributed by atoms with Gasteiger partial charge in [0, 0.05) is 6.42 Å². The maximum absolute atomic E-state index is 10.2. The van der Waals surface area contributed by atoms with Crippen molar-refractivity contribution in [2.75, 3.05) is 6.61 Å². The van der Waals surface area contributed by atoms with E-state index in [4.69, 9.17) is 10.2 Å². The molecule has 6 heteroatoms. The summed E-state index contributed by atoms with van der Waals surface area (Å²) in [5, 5.41) is 28.0. The van der Waals surface area contributed by atoms with Crippen LogP contribution in [0, 0.1) is 0 Å². The molecule has 0 saturated carbocycles. The Kier molecular flexibility index (Phi) is 5.31. The number of aliphatic carboxylic acids is 1. The molecule has 0 amide bonds. The Balaban J connectivity index is 0.00000121. The summed E-state index contributed by atoms with van der Waals surface area (Å²) in [4.78, 5) is 10.2. The summed E-state index contributed by atoms with van der Waals surface area (Å²) in [5.41, 5.74) is 0. The molecule has 0 aromatic rings. The average Bonchev–Trinajstić information content (AvgIpc) is 1.94. The van der Waals surface area contributed by atoms with E-state index in [0.717, 1.165) is 0 Å². The molecule has 1 fully saturated rings. The van der Waals surface area contributed by atoms with Crippen LogP contribution in [0.5, 0.6) is 0 Å². The molecule has 0 radical (unpaired) electrons. The third-order valence-electron chi connectivity index (χ3n) is 1.63. The van der Waals surface area contributed by atoms with Crippen LogP contribution in [0.15, 0.2) is 0 Å². The zero-order valence-corrected chi connectivity index (χ0v) is 8.77. The van der Waals surface area contributed by atoms with Gasteiger partial charge in [0.25, 0.3) is 0 Å². The standard InChI is InChI=1S/C6H10O5.Na/c7-3-1-5(6(9)10)11-2-4(3)8;/h3-5,7-8H,1-2H2,(H,9,10);/q;+1/p-1. The average molecular weight is 184 g/mol. The Bertz CT molecular complexity index is 162. The van der Waals surface area contributed by atoms with E-state index in [0.29, 0.717) is 0 Å². The fourth-order valence-electron chi connectivity index (χ4n) is 0.935. The van der Waals surface area contributed by atoms with Crippen LogP contribution >= 0.6 is 0 Å². The van der Waals surface area contributed by atoms with Crippen molar-refractivity contribution in [2.45, 2.75) is 24.7 Å². The van der Waals surface area contributed by atoms with Gasteiger partial charge in [-0.3, -0.25) is 0 Å². The second-order valence-electron chi connectivity index (χ2n) is 2.51. The van der Waals surface area contributed by atoms with E-state index in [9.17, 15) is 9.90 Å². The van der Waals surface area contributed by atoms with Crippen molar-refractivity contribution in [1.82, 2.24) is 0 Å². The molecule has 0 bridgehead atoms. The molecule has 2 N–H and O–H groups in total. The molecule has 1 heterocycles. The van der Waals surface area contributed by atoms with E-state index >= 15 is 0 Å². The van der Waals surface area contributed by atoms with Crippen LogP contribution in [-0.2, 0) is 9.53 Å². The third-order valence-corrected chi connectivity index (χ3v) is 1.63. The van der Waals surface area contributed by atoms with Crippen molar-refractivity contribution in [3.8, 4) is 0 Å². The number of carbonyl (C=O) groups is 1. The minimum absolute atomic E-state index is 0. The van der Waals surface area contributed by atoms with Crippen molar-refractivity contribution in [3.63, 3.8) is 0 Å². The molecule has 1 rings (SSSR count). The summed E-state index contributed by atoms with van der Waals surface area (Å²) in [6.07, 6.45) is -3.20. The van der Waals surface area contributed by atoms with Gasteiger partial charge in [-0.2, -0.15) is 0 Å². The molecule has 5 nitrogen and oxygen atoms in total. The SMILES string of the molecule is O=C([O-])C1CC(O)C(O)CO1.[Na+]. The van der Waals surface area contributed by atoms with Gasteiger partial charge in [0.05, 0.1) is 24.8 Å². The zero-order valence-electron chi connectivity index (χ0n) is 6.77. The van der Waals surface area contributed by atoms with Gasteiger partial charge in [-0.25, -0.2) is 0 Å². The predicted molar refractivity (Wildman–Crippen MR) is 31.4 cm³/mol. The first-order valence-electron chi connectivity index (χ1n) is 3.30. The monoisotopic (exact) mass is 184 g/mol. The zero-order chi connectivity index (χ0) is 8.43. The topological polar surface area (TPSA) is 89.8 Å². The first kappa shape index (κ1) is 12.3. The van der Waals surface area contributed by atoms with E-state index in [-0.39, 0.29) is 42.6 Å². The second-order valence-corrected chi connectivity index (χ2v) is 2.51. The third kappa shape index (κ3) is 3.01. The summed E-state index contributed by atoms with van der Waals surface area (Å²) >= 11 is 0. The van der Waals surface area contributed by atoms with Gasteiger partial charge in [0.15, 0.2) is 0 Å². The molecule has 3 unspecified atom stereocenters. The Hall–Kier alpha value is 0.350. The van der Waals surface area contributed by atoms with Crippen molar-refractivity contribution >= 4 is 5.97 Å². The number of carbonyl (C=O) groups excluding carboxylic acids is 1. The molecule has 1 aliphatic heterocycles. The molecule has 0 aliphatic carbocycles. The molecular weight excluding hydrogens is 175 g/mol. The number of rotatable bonds is 1. The first-order chi connectivity index (χ1) is 5.11. The summed E-state index contributed by atoms with van der Waals surface area (Å²) in [6.45, 7) is -0.153. The van der Waals surface area contributed by atoms with Gasteiger partial charge in [-0.15, -0.1) is 0 Å². The number of ether oxygens (including phenoxy) is 1. The normalized spacial score (nSPS) is 35.3. The Morgan fingerprint density at radius 3 is 2.42 bits per heavy atom. The summed E-state index contributed by atoms with van der Waals surface area (Å²) in [5.74, 6) is -1.35. The van der Waals surface area contributed by atoms with Gasteiger partial charge >= 0.3 is 29.6 Å². The van der Waals surface area contributed by atoms with E-state index in [1.54, 1.807) is 0 Å². The molecule has 0 aromatic heterocycles. The fourth-order valence-corrected chi connectivity index (χ4v) is 0.935. The maximum Gasteiger partial charge on any atom is 1.00 e. The van der Waals surface area contributed by atoms with Gasteiger partial charge < -0.3 is 24.9 Å². The van der Waals surface area contributed by atoms with E-state index in [1.807, 2.05) is 0 Å². The predicted octanol–water partition coefficient (Wildman–Crippen LogP) is -5.75. The Morgan fingerprint density at radius 1 is 1.42 bits per heavy atom. The Labute approximate surface area is 91.6 Å². The van der Waals surface area contributed by atoms with E-state index in [1.165, 1.54) is 0 Å². The van der Waals surface area contributed by atoms with Gasteiger partial charge in [0.1, 0.15) is 6.10 Å². The number of aliphatic hydroxyl groups is 2. The van der Waals surface area contributed by atoms with Crippen molar-refractivity contribution < 1.29 is 54.4 Å². The second kappa shape index (κ2) is 5.16. The van der Waals surface area contributed by atoms with Crippen LogP contribution in [0.4, 0.5) is 0 Å². The fraction of sp³-hybridized carbons (Fsp3) is 0.833. The molecule has 3 atom stereocenters. The number of carboxylic acids is 1. The van der Waals surface area contributed by atoms with E-state index < -0.39 is 24.3 Å². The summed E-state index contributed by atoms with van der Waals surface area (Å²) < 4.78 is 4.65. The van der Waals surface area contributed by atoms with Crippen LogP contribution in [0.25, 0.3) is 0 Å². The van der Waals surface area contributed by atoms with Gasteiger partial charge in [0.2, 0.25) is 0 Å². The molecule has 0 aromatic carbocycles. The number of hydrogen-bond acceptors (Lipinski definition) is 5. The largest absolute Gasteiger partial charge is 1.00 e. The van der Waals surface area contributed by atoms with Crippen molar-refractivity contribution in [2.24, 2.45) is 0 Å². The molecular formula is C6H9NaO5. The molecule has 0 spiro atoms. The van der Waals surface area contributed by atoms with Crippen molar-refractivity contribution in [3.05, 3.63) is 0 Å². The van der Waals surface area contributed by atoms with Crippen LogP contribution in [0.2, 0.25) is 0 Å². The van der Waals surface area contributed by atoms with E-state index in [2.05, 4.69) is 4.74 Å².